The second kappa shape index (κ2) is 7.34. The summed E-state index contributed by atoms with van der Waals surface area (Å²) in [6.45, 7) is 3.37. The van der Waals surface area contributed by atoms with Crippen LogP contribution in [0.4, 0.5) is 4.39 Å². The van der Waals surface area contributed by atoms with E-state index >= 15 is 0 Å². The summed E-state index contributed by atoms with van der Waals surface area (Å²) in [7, 11) is 2.24. The average Bonchev–Trinajstić information content (AvgIpc) is 3.25. The first kappa shape index (κ1) is 17.4. The molecule has 4 heteroatoms. The highest BCUT2D eigenvalue weighted by Gasteiger charge is 2.47. The van der Waals surface area contributed by atoms with Crippen LogP contribution in [-0.4, -0.2) is 60.4 Å². The maximum atomic E-state index is 13.9. The van der Waals surface area contributed by atoms with Crippen molar-refractivity contribution in [2.45, 2.75) is 68.9 Å². The van der Waals surface area contributed by atoms with Crippen molar-refractivity contribution in [2.24, 2.45) is 0 Å². The molecule has 0 radical (unpaired) electrons. The molecule has 1 spiro atoms. The molecule has 0 aromatic heterocycles. The minimum atomic E-state index is -0.651. The third kappa shape index (κ3) is 3.76. The largest absolute Gasteiger partial charge is 0.375 e. The summed E-state index contributed by atoms with van der Waals surface area (Å²) in [5.74, 6) is 0. The molecule has 138 valence electrons. The van der Waals surface area contributed by atoms with Crippen LogP contribution in [0.3, 0.4) is 0 Å². The number of ether oxygens (including phenoxy) is 1. The number of hydrogen-bond acceptors (Lipinski definition) is 3. The molecule has 2 aliphatic heterocycles. The quantitative estimate of drug-likeness (QED) is 0.828. The lowest BCUT2D eigenvalue weighted by molar-refractivity contribution is -0.0738. The number of benzene rings is 1. The number of alkyl halides is 1. The Morgan fingerprint density at radius 1 is 1.24 bits per heavy atom. The molecule has 1 aromatic carbocycles. The second-order valence-corrected chi connectivity index (χ2v) is 8.29. The van der Waals surface area contributed by atoms with E-state index in [-0.39, 0.29) is 5.60 Å². The summed E-state index contributed by atoms with van der Waals surface area (Å²) >= 11 is 0. The molecular formula is C21H31FN2O. The molecule has 2 heterocycles. The fourth-order valence-electron chi connectivity index (χ4n) is 5.26. The summed E-state index contributed by atoms with van der Waals surface area (Å²) in [4.78, 5) is 4.91. The van der Waals surface area contributed by atoms with Crippen LogP contribution < -0.4 is 0 Å². The van der Waals surface area contributed by atoms with Crippen molar-refractivity contribution >= 4 is 0 Å². The summed E-state index contributed by atoms with van der Waals surface area (Å²) in [5, 5.41) is 0. The Balaban J connectivity index is 1.50. The predicted octanol–water partition coefficient (Wildman–Crippen LogP) is 3.63. The Kier molecular flexibility index (Phi) is 5.12. The Morgan fingerprint density at radius 3 is 2.76 bits per heavy atom. The number of halogens is 1. The molecule has 2 saturated heterocycles. The third-order valence-electron chi connectivity index (χ3n) is 6.58. The molecule has 1 aliphatic carbocycles. The van der Waals surface area contributed by atoms with E-state index in [0.717, 1.165) is 39.0 Å². The predicted molar refractivity (Wildman–Crippen MR) is 98.3 cm³/mol. The second-order valence-electron chi connectivity index (χ2n) is 8.29. The fraction of sp³-hybridized carbons (Fsp3) is 0.714. The standard InChI is InChI=1S/C21H31FN2O/c1-23(15-17-6-3-2-4-7-17)19-8-11-21(10-5-13-25-21)14-20(19)24-12-9-18(22)16-24/h2-4,6-7,18-20H,5,8-16H2,1H3/t18-,19-,20-,21-/m0/s1. The van der Waals surface area contributed by atoms with Gasteiger partial charge in [0, 0.05) is 38.3 Å². The van der Waals surface area contributed by atoms with E-state index in [1.54, 1.807) is 0 Å². The summed E-state index contributed by atoms with van der Waals surface area (Å²) in [6.07, 6.45) is 5.79. The Hall–Kier alpha value is -0.970. The maximum Gasteiger partial charge on any atom is 0.114 e. The molecule has 3 nitrogen and oxygen atoms in total. The molecule has 1 aromatic rings. The number of likely N-dealkylation sites (N-methyl/N-ethyl adjacent to an activating group) is 1. The smallest absolute Gasteiger partial charge is 0.114 e. The van der Waals surface area contributed by atoms with Gasteiger partial charge in [0.05, 0.1) is 5.60 Å². The van der Waals surface area contributed by atoms with Gasteiger partial charge in [-0.1, -0.05) is 30.3 Å². The van der Waals surface area contributed by atoms with Gasteiger partial charge in [-0.2, -0.15) is 0 Å². The van der Waals surface area contributed by atoms with Gasteiger partial charge < -0.3 is 4.74 Å². The minimum absolute atomic E-state index is 0.0726. The Morgan fingerprint density at radius 2 is 2.08 bits per heavy atom. The van der Waals surface area contributed by atoms with E-state index in [9.17, 15) is 4.39 Å². The van der Waals surface area contributed by atoms with E-state index in [1.165, 1.54) is 18.4 Å². The lowest BCUT2D eigenvalue weighted by atomic mass is 9.76. The average molecular weight is 346 g/mol. The first-order chi connectivity index (χ1) is 12.2. The van der Waals surface area contributed by atoms with Crippen LogP contribution in [0.2, 0.25) is 0 Å². The van der Waals surface area contributed by atoms with Crippen molar-refractivity contribution in [1.29, 1.82) is 0 Å². The number of likely N-dealkylation sites (tertiary alicyclic amines) is 1. The van der Waals surface area contributed by atoms with Crippen LogP contribution in [0.15, 0.2) is 30.3 Å². The van der Waals surface area contributed by atoms with Gasteiger partial charge in [0.25, 0.3) is 0 Å². The van der Waals surface area contributed by atoms with Crippen LogP contribution >= 0.6 is 0 Å². The minimum Gasteiger partial charge on any atom is -0.375 e. The highest BCUT2D eigenvalue weighted by atomic mass is 19.1. The number of hydrogen-bond donors (Lipinski definition) is 0. The zero-order valence-corrected chi connectivity index (χ0v) is 15.4. The van der Waals surface area contributed by atoms with Gasteiger partial charge in [-0.25, -0.2) is 4.39 Å². The number of nitrogens with zero attached hydrogens (tertiary/aromatic N) is 2. The molecule has 0 bridgehead atoms. The molecule has 0 amide bonds. The van der Waals surface area contributed by atoms with Gasteiger partial charge in [0.15, 0.2) is 0 Å². The first-order valence-electron chi connectivity index (χ1n) is 9.91. The Labute approximate surface area is 151 Å². The van der Waals surface area contributed by atoms with Crippen molar-refractivity contribution < 1.29 is 9.13 Å². The van der Waals surface area contributed by atoms with Crippen molar-refractivity contribution in [1.82, 2.24) is 9.80 Å². The summed E-state index contributed by atoms with van der Waals surface area (Å²) < 4.78 is 20.1. The Bertz CT molecular complexity index is 560. The van der Waals surface area contributed by atoms with Crippen LogP contribution in [0.25, 0.3) is 0 Å². The van der Waals surface area contributed by atoms with E-state index in [1.807, 2.05) is 0 Å². The maximum absolute atomic E-state index is 13.9. The van der Waals surface area contributed by atoms with Gasteiger partial charge in [0.2, 0.25) is 0 Å². The van der Waals surface area contributed by atoms with E-state index in [4.69, 9.17) is 4.74 Å². The summed E-state index contributed by atoms with van der Waals surface area (Å²) in [5.41, 5.74) is 1.43. The fourth-order valence-corrected chi connectivity index (χ4v) is 5.26. The lowest BCUT2D eigenvalue weighted by Crippen LogP contribution is -2.57. The van der Waals surface area contributed by atoms with Gasteiger partial charge in [-0.05, 0) is 51.1 Å². The van der Waals surface area contributed by atoms with Gasteiger partial charge >= 0.3 is 0 Å². The molecule has 3 aliphatic rings. The van der Waals surface area contributed by atoms with Gasteiger partial charge in [-0.15, -0.1) is 0 Å². The zero-order valence-electron chi connectivity index (χ0n) is 15.4. The van der Waals surface area contributed by atoms with Crippen LogP contribution in [0.1, 0.15) is 44.1 Å². The van der Waals surface area contributed by atoms with Crippen LogP contribution in [0, 0.1) is 0 Å². The van der Waals surface area contributed by atoms with E-state index in [2.05, 4.69) is 47.2 Å². The topological polar surface area (TPSA) is 15.7 Å². The normalized spacial score (nSPS) is 36.5. The zero-order chi connectivity index (χ0) is 17.3. The molecule has 4 atom stereocenters. The molecule has 3 fully saturated rings. The third-order valence-corrected chi connectivity index (χ3v) is 6.58. The molecule has 1 saturated carbocycles. The van der Waals surface area contributed by atoms with Crippen LogP contribution in [0.5, 0.6) is 0 Å². The molecule has 4 rings (SSSR count). The summed E-state index contributed by atoms with van der Waals surface area (Å²) in [6, 6.07) is 11.6. The van der Waals surface area contributed by atoms with Crippen molar-refractivity contribution in [3.05, 3.63) is 35.9 Å². The molecular weight excluding hydrogens is 315 g/mol. The highest BCUT2D eigenvalue weighted by Crippen LogP contribution is 2.43. The van der Waals surface area contributed by atoms with Crippen molar-refractivity contribution in [2.75, 3.05) is 26.7 Å². The van der Waals surface area contributed by atoms with E-state index in [0.29, 0.717) is 25.0 Å². The monoisotopic (exact) mass is 346 g/mol. The van der Waals surface area contributed by atoms with Crippen LogP contribution in [-0.2, 0) is 11.3 Å². The highest BCUT2D eigenvalue weighted by molar-refractivity contribution is 5.15. The molecule has 0 N–H and O–H groups in total. The van der Waals surface area contributed by atoms with Gasteiger partial charge in [0.1, 0.15) is 6.17 Å². The molecule has 0 unspecified atom stereocenters. The van der Waals surface area contributed by atoms with Gasteiger partial charge in [-0.3, -0.25) is 9.80 Å². The van der Waals surface area contributed by atoms with Crippen molar-refractivity contribution in [3.8, 4) is 0 Å². The SMILES string of the molecule is CN(Cc1ccccc1)[C@H]1CC[C@@]2(CCCO2)C[C@@H]1N1CC[C@H](F)C1. The lowest BCUT2D eigenvalue weighted by Gasteiger charge is -2.48. The van der Waals surface area contributed by atoms with Crippen molar-refractivity contribution in [3.63, 3.8) is 0 Å². The number of rotatable bonds is 4. The molecule has 25 heavy (non-hydrogen) atoms. The van der Waals surface area contributed by atoms with E-state index < -0.39 is 6.17 Å². The first-order valence-corrected chi connectivity index (χ1v) is 9.91.